The van der Waals surface area contributed by atoms with Gasteiger partial charge in [-0.1, -0.05) is 25.1 Å². The van der Waals surface area contributed by atoms with Crippen LogP contribution >= 0.6 is 0 Å². The number of benzene rings is 3. The summed E-state index contributed by atoms with van der Waals surface area (Å²) in [7, 11) is -2.39. The lowest BCUT2D eigenvalue weighted by Crippen LogP contribution is -2.50. The van der Waals surface area contributed by atoms with E-state index in [2.05, 4.69) is 10.6 Å². The lowest BCUT2D eigenvalue weighted by atomic mass is 9.99. The number of amides is 3. The summed E-state index contributed by atoms with van der Waals surface area (Å²) < 4.78 is 72.3. The third-order valence-corrected chi connectivity index (χ3v) is 9.12. The van der Waals surface area contributed by atoms with Gasteiger partial charge in [-0.25, -0.2) is 13.2 Å². The number of fused-ring (bicyclic) bond motifs is 1. The van der Waals surface area contributed by atoms with Crippen molar-refractivity contribution < 1.29 is 41.0 Å². The van der Waals surface area contributed by atoms with Crippen molar-refractivity contribution in [3.63, 3.8) is 0 Å². The maximum atomic E-state index is 13.7. The Kier molecular flexibility index (Phi) is 9.86. The minimum absolute atomic E-state index is 0.0388. The van der Waals surface area contributed by atoms with Gasteiger partial charge in [0.1, 0.15) is 11.9 Å². The SMILES string of the molecule is C[C@H](CO)N1C[C@H](C)[C@@H](CN(C)S(=O)(=O)c2ccccc2)Oc2ccc(NC(=O)Nc3ccc(C(F)(F)F)cc3)cc2C1=O. The number of halogens is 3. The molecule has 3 amide bonds. The lowest BCUT2D eigenvalue weighted by Gasteiger charge is -2.38. The number of aliphatic hydroxyl groups is 1. The smallest absolute Gasteiger partial charge is 0.416 e. The number of sulfonamides is 1. The first-order chi connectivity index (χ1) is 20.7. The molecule has 1 heterocycles. The van der Waals surface area contributed by atoms with Crippen LogP contribution in [0.5, 0.6) is 5.75 Å². The van der Waals surface area contributed by atoms with Gasteiger partial charge in [0.15, 0.2) is 0 Å². The zero-order valence-corrected chi connectivity index (χ0v) is 25.0. The molecular formula is C30H33F3N4O6S. The second kappa shape index (κ2) is 13.2. The Morgan fingerprint density at radius 1 is 1.07 bits per heavy atom. The number of carbonyl (C=O) groups is 2. The Morgan fingerprint density at radius 2 is 1.68 bits per heavy atom. The molecule has 3 atom stereocenters. The number of nitrogens with zero attached hydrogens (tertiary/aromatic N) is 2. The predicted molar refractivity (Wildman–Crippen MR) is 158 cm³/mol. The van der Waals surface area contributed by atoms with Crippen LogP contribution in [0.3, 0.4) is 0 Å². The molecule has 0 spiro atoms. The van der Waals surface area contributed by atoms with Crippen LogP contribution in [0.15, 0.2) is 77.7 Å². The highest BCUT2D eigenvalue weighted by Crippen LogP contribution is 2.32. The van der Waals surface area contributed by atoms with Gasteiger partial charge in [-0.3, -0.25) is 4.79 Å². The molecule has 0 bridgehead atoms. The van der Waals surface area contributed by atoms with Crippen molar-refractivity contribution >= 4 is 33.3 Å². The van der Waals surface area contributed by atoms with Crippen LogP contribution in [0.2, 0.25) is 0 Å². The van der Waals surface area contributed by atoms with E-state index in [1.165, 1.54) is 46.6 Å². The highest BCUT2D eigenvalue weighted by molar-refractivity contribution is 7.89. The maximum absolute atomic E-state index is 13.7. The summed E-state index contributed by atoms with van der Waals surface area (Å²) in [6, 6.07) is 14.9. The Bertz CT molecular complexity index is 1590. The Hall–Kier alpha value is -4.14. The molecule has 0 radical (unpaired) electrons. The van der Waals surface area contributed by atoms with Gasteiger partial charge in [-0.2, -0.15) is 17.5 Å². The van der Waals surface area contributed by atoms with Gasteiger partial charge < -0.3 is 25.4 Å². The molecule has 0 saturated heterocycles. The molecule has 1 aliphatic heterocycles. The van der Waals surface area contributed by atoms with Crippen LogP contribution in [-0.4, -0.2) is 73.6 Å². The number of ether oxygens (including phenoxy) is 1. The Morgan fingerprint density at radius 3 is 2.30 bits per heavy atom. The lowest BCUT2D eigenvalue weighted by molar-refractivity contribution is -0.137. The Labute approximate surface area is 253 Å². The van der Waals surface area contributed by atoms with Crippen molar-refractivity contribution in [3.05, 3.63) is 83.9 Å². The van der Waals surface area contributed by atoms with E-state index in [0.29, 0.717) is 0 Å². The van der Waals surface area contributed by atoms with Gasteiger partial charge in [-0.15, -0.1) is 0 Å². The number of urea groups is 1. The van der Waals surface area contributed by atoms with Crippen molar-refractivity contribution in [1.82, 2.24) is 9.21 Å². The van der Waals surface area contributed by atoms with Gasteiger partial charge in [0.2, 0.25) is 10.0 Å². The third-order valence-electron chi connectivity index (χ3n) is 7.28. The van der Waals surface area contributed by atoms with Crippen LogP contribution in [0.25, 0.3) is 0 Å². The zero-order valence-electron chi connectivity index (χ0n) is 24.2. The van der Waals surface area contributed by atoms with E-state index in [4.69, 9.17) is 4.74 Å². The minimum atomic E-state index is -4.51. The van der Waals surface area contributed by atoms with E-state index in [1.54, 1.807) is 25.1 Å². The number of nitrogens with one attached hydrogen (secondary N) is 2. The van der Waals surface area contributed by atoms with Crippen molar-refractivity contribution in [2.45, 2.75) is 37.1 Å². The van der Waals surface area contributed by atoms with Gasteiger partial charge >= 0.3 is 12.2 Å². The topological polar surface area (TPSA) is 128 Å². The van der Waals surface area contributed by atoms with E-state index in [1.807, 2.05) is 6.92 Å². The predicted octanol–water partition coefficient (Wildman–Crippen LogP) is 4.89. The molecule has 3 aromatic carbocycles. The van der Waals surface area contributed by atoms with Gasteiger partial charge in [0, 0.05) is 30.9 Å². The molecule has 0 saturated carbocycles. The molecule has 44 heavy (non-hydrogen) atoms. The number of aliphatic hydroxyl groups excluding tert-OH is 1. The van der Waals surface area contributed by atoms with Gasteiger partial charge in [0.25, 0.3) is 5.91 Å². The molecule has 0 unspecified atom stereocenters. The quantitative estimate of drug-likeness (QED) is 0.324. The van der Waals surface area contributed by atoms with E-state index in [0.717, 1.165) is 24.3 Å². The van der Waals surface area contributed by atoms with Crippen molar-refractivity contribution in [3.8, 4) is 5.75 Å². The normalized spacial score (nSPS) is 18.1. The second-order valence-electron chi connectivity index (χ2n) is 10.6. The van der Waals surface area contributed by atoms with Crippen molar-refractivity contribution in [2.75, 3.05) is 37.4 Å². The maximum Gasteiger partial charge on any atom is 0.416 e. The van der Waals surface area contributed by atoms with Crippen LogP contribution in [0.1, 0.15) is 29.8 Å². The van der Waals surface area contributed by atoms with E-state index in [-0.39, 0.29) is 53.2 Å². The first-order valence-electron chi connectivity index (χ1n) is 13.7. The third kappa shape index (κ3) is 7.49. The summed E-state index contributed by atoms with van der Waals surface area (Å²) in [5.74, 6) is -0.661. The number of carbonyl (C=O) groups excluding carboxylic acids is 2. The highest BCUT2D eigenvalue weighted by Gasteiger charge is 2.35. The summed E-state index contributed by atoms with van der Waals surface area (Å²) in [5.41, 5.74) is -0.476. The molecule has 3 N–H and O–H groups in total. The van der Waals surface area contributed by atoms with E-state index >= 15 is 0 Å². The number of rotatable bonds is 8. The summed E-state index contributed by atoms with van der Waals surface area (Å²) in [5, 5.41) is 14.9. The van der Waals surface area contributed by atoms with Gasteiger partial charge in [-0.05, 0) is 61.5 Å². The first kappa shape index (κ1) is 32.8. The molecular weight excluding hydrogens is 601 g/mol. The van der Waals surface area contributed by atoms with E-state index < -0.39 is 45.8 Å². The molecule has 3 aromatic rings. The highest BCUT2D eigenvalue weighted by atomic mass is 32.2. The summed E-state index contributed by atoms with van der Waals surface area (Å²) in [6.45, 7) is 3.28. The number of likely N-dealkylation sites (N-methyl/N-ethyl adjacent to an activating group) is 1. The molecule has 0 aliphatic carbocycles. The average molecular weight is 635 g/mol. The molecule has 236 valence electrons. The van der Waals surface area contributed by atoms with E-state index in [9.17, 15) is 36.3 Å². The summed E-state index contributed by atoms with van der Waals surface area (Å²) in [6.07, 6.45) is -5.21. The molecule has 0 aromatic heterocycles. The fourth-order valence-corrected chi connectivity index (χ4v) is 5.88. The Balaban J connectivity index is 1.58. The largest absolute Gasteiger partial charge is 0.488 e. The average Bonchev–Trinajstić information content (AvgIpc) is 2.99. The molecule has 0 fully saturated rings. The fourth-order valence-electron chi connectivity index (χ4n) is 4.68. The number of hydrogen-bond acceptors (Lipinski definition) is 6. The van der Waals surface area contributed by atoms with Gasteiger partial charge in [0.05, 0.1) is 35.2 Å². The molecule has 1 aliphatic rings. The first-order valence-corrected chi connectivity index (χ1v) is 15.1. The summed E-state index contributed by atoms with van der Waals surface area (Å²) >= 11 is 0. The summed E-state index contributed by atoms with van der Waals surface area (Å²) in [4.78, 5) is 27.9. The monoisotopic (exact) mass is 634 g/mol. The van der Waals surface area contributed by atoms with Crippen LogP contribution in [-0.2, 0) is 16.2 Å². The van der Waals surface area contributed by atoms with Crippen LogP contribution in [0.4, 0.5) is 29.3 Å². The minimum Gasteiger partial charge on any atom is -0.488 e. The second-order valence-corrected chi connectivity index (χ2v) is 12.6. The van der Waals surface area contributed by atoms with Crippen LogP contribution in [0, 0.1) is 5.92 Å². The van der Waals surface area contributed by atoms with Crippen molar-refractivity contribution in [2.24, 2.45) is 5.92 Å². The standard InChI is InChI=1S/C30H33F3N4O6S/c1-19-16-37(20(2)18-38)28(39)25-15-23(35-29(40)34-22-11-9-21(10-12-22)30(31,32)33)13-14-26(25)43-27(19)17-36(3)44(41,42)24-7-5-4-6-8-24/h4-15,19-20,27,38H,16-18H2,1-3H3,(H2,34,35,40)/t19-,20+,27+/m0/s1. The van der Waals surface area contributed by atoms with Crippen molar-refractivity contribution in [1.29, 1.82) is 0 Å². The number of alkyl halides is 3. The fraction of sp³-hybridized carbons (Fsp3) is 0.333. The number of anilines is 2. The zero-order chi connectivity index (χ0) is 32.2. The molecule has 4 rings (SSSR count). The van der Waals surface area contributed by atoms with Crippen LogP contribution < -0.4 is 15.4 Å². The molecule has 14 heteroatoms. The number of hydrogen-bond donors (Lipinski definition) is 3. The molecule has 10 nitrogen and oxygen atoms in total.